The summed E-state index contributed by atoms with van der Waals surface area (Å²) < 4.78 is 1.13. The predicted molar refractivity (Wildman–Crippen MR) is 91.8 cm³/mol. The van der Waals surface area contributed by atoms with Gasteiger partial charge >= 0.3 is 0 Å². The SMILES string of the molecule is CCCCCCC(C)(CN)N(C)Cc1ccc(Br)cc1. The number of benzene rings is 1. The molecule has 0 aliphatic heterocycles. The molecule has 0 saturated heterocycles. The van der Waals surface area contributed by atoms with Crippen LogP contribution in [0.5, 0.6) is 0 Å². The minimum absolute atomic E-state index is 0.0980. The summed E-state index contributed by atoms with van der Waals surface area (Å²) in [6, 6.07) is 8.55. The lowest BCUT2D eigenvalue weighted by Crippen LogP contribution is -2.49. The molecule has 1 aromatic carbocycles. The normalized spacial score (nSPS) is 14.5. The van der Waals surface area contributed by atoms with Crippen molar-refractivity contribution in [2.45, 2.75) is 58.0 Å². The van der Waals surface area contributed by atoms with Crippen molar-refractivity contribution in [3.8, 4) is 0 Å². The van der Waals surface area contributed by atoms with E-state index in [-0.39, 0.29) is 5.54 Å². The first-order valence-electron chi connectivity index (χ1n) is 7.67. The Hall–Kier alpha value is -0.380. The minimum atomic E-state index is 0.0980. The molecule has 0 aliphatic rings. The number of hydrogen-bond donors (Lipinski definition) is 1. The number of rotatable bonds is 9. The molecule has 0 radical (unpaired) electrons. The minimum Gasteiger partial charge on any atom is -0.329 e. The summed E-state index contributed by atoms with van der Waals surface area (Å²) >= 11 is 3.48. The van der Waals surface area contributed by atoms with Gasteiger partial charge in [-0.25, -0.2) is 0 Å². The third-order valence-corrected chi connectivity index (χ3v) is 4.79. The summed E-state index contributed by atoms with van der Waals surface area (Å²) in [6.07, 6.45) is 6.38. The van der Waals surface area contributed by atoms with Crippen molar-refractivity contribution in [2.24, 2.45) is 5.73 Å². The van der Waals surface area contributed by atoms with E-state index in [4.69, 9.17) is 5.73 Å². The molecule has 1 atom stereocenters. The molecule has 0 spiro atoms. The van der Waals surface area contributed by atoms with E-state index in [1.165, 1.54) is 37.7 Å². The number of likely N-dealkylation sites (N-methyl/N-ethyl adjacent to an activating group) is 1. The van der Waals surface area contributed by atoms with E-state index in [1.54, 1.807) is 0 Å². The molecule has 2 nitrogen and oxygen atoms in total. The van der Waals surface area contributed by atoms with Gasteiger partial charge in [-0.3, -0.25) is 4.90 Å². The lowest BCUT2D eigenvalue weighted by atomic mass is 9.92. The fraction of sp³-hybridized carbons (Fsp3) is 0.647. The van der Waals surface area contributed by atoms with Gasteiger partial charge in [0.2, 0.25) is 0 Å². The van der Waals surface area contributed by atoms with Crippen molar-refractivity contribution in [3.05, 3.63) is 34.3 Å². The van der Waals surface area contributed by atoms with Gasteiger partial charge in [-0.15, -0.1) is 0 Å². The van der Waals surface area contributed by atoms with Crippen molar-refractivity contribution < 1.29 is 0 Å². The number of nitrogens with zero attached hydrogens (tertiary/aromatic N) is 1. The highest BCUT2D eigenvalue weighted by Gasteiger charge is 2.26. The first-order valence-corrected chi connectivity index (χ1v) is 8.47. The number of nitrogens with two attached hydrogens (primary N) is 1. The third-order valence-electron chi connectivity index (χ3n) is 4.26. The van der Waals surface area contributed by atoms with Crippen LogP contribution in [0.3, 0.4) is 0 Å². The molecule has 114 valence electrons. The van der Waals surface area contributed by atoms with E-state index in [0.717, 1.165) is 11.0 Å². The molecule has 0 bridgehead atoms. The Morgan fingerprint density at radius 1 is 1.15 bits per heavy atom. The molecule has 1 rings (SSSR count). The second kappa shape index (κ2) is 8.81. The van der Waals surface area contributed by atoms with Crippen LogP contribution in [0.1, 0.15) is 51.5 Å². The van der Waals surface area contributed by atoms with Crippen LogP contribution >= 0.6 is 15.9 Å². The van der Waals surface area contributed by atoms with Crippen molar-refractivity contribution in [3.63, 3.8) is 0 Å². The van der Waals surface area contributed by atoms with Gasteiger partial charge in [-0.1, -0.05) is 60.7 Å². The molecule has 2 N–H and O–H groups in total. The molecule has 1 unspecified atom stereocenters. The molecule has 0 aliphatic carbocycles. The van der Waals surface area contributed by atoms with Crippen LogP contribution in [-0.2, 0) is 6.54 Å². The smallest absolute Gasteiger partial charge is 0.0304 e. The average Bonchev–Trinajstić information content (AvgIpc) is 2.45. The summed E-state index contributed by atoms with van der Waals surface area (Å²) in [4.78, 5) is 2.40. The van der Waals surface area contributed by atoms with Crippen LogP contribution in [0, 0.1) is 0 Å². The molecule has 0 fully saturated rings. The fourth-order valence-electron chi connectivity index (χ4n) is 2.44. The number of hydrogen-bond acceptors (Lipinski definition) is 2. The summed E-state index contributed by atoms with van der Waals surface area (Å²) in [5.41, 5.74) is 7.49. The molecule has 0 aromatic heterocycles. The molecule has 0 saturated carbocycles. The summed E-state index contributed by atoms with van der Waals surface area (Å²) in [5, 5.41) is 0. The molecule has 0 heterocycles. The zero-order chi connectivity index (χ0) is 15.0. The Morgan fingerprint density at radius 2 is 1.80 bits per heavy atom. The van der Waals surface area contributed by atoms with Gasteiger partial charge in [-0.05, 0) is 38.1 Å². The van der Waals surface area contributed by atoms with Gasteiger partial charge in [0.05, 0.1) is 0 Å². The molecule has 1 aromatic rings. The maximum atomic E-state index is 6.05. The van der Waals surface area contributed by atoms with Gasteiger partial charge in [0, 0.05) is 23.1 Å². The maximum Gasteiger partial charge on any atom is 0.0304 e. The van der Waals surface area contributed by atoms with E-state index in [1.807, 2.05) is 0 Å². The fourth-order valence-corrected chi connectivity index (χ4v) is 2.70. The lowest BCUT2D eigenvalue weighted by molar-refractivity contribution is 0.122. The van der Waals surface area contributed by atoms with Gasteiger partial charge in [-0.2, -0.15) is 0 Å². The predicted octanol–water partition coefficient (Wildman–Crippen LogP) is 4.57. The highest BCUT2D eigenvalue weighted by molar-refractivity contribution is 9.10. The van der Waals surface area contributed by atoms with Crippen LogP contribution in [0.15, 0.2) is 28.7 Å². The Balaban J connectivity index is 2.55. The molecular weight excluding hydrogens is 312 g/mol. The largest absolute Gasteiger partial charge is 0.329 e. The Bertz CT molecular complexity index is 377. The monoisotopic (exact) mass is 340 g/mol. The van der Waals surface area contributed by atoms with E-state index < -0.39 is 0 Å². The first-order chi connectivity index (χ1) is 9.51. The van der Waals surface area contributed by atoms with Crippen LogP contribution in [-0.4, -0.2) is 24.0 Å². The quantitative estimate of drug-likeness (QED) is 0.667. The molecule has 3 heteroatoms. The van der Waals surface area contributed by atoms with Crippen molar-refractivity contribution in [2.75, 3.05) is 13.6 Å². The standard InChI is InChI=1S/C17H29BrN2/c1-4-5-6-7-12-17(2,14-19)20(3)13-15-8-10-16(18)11-9-15/h8-11H,4-7,12-14,19H2,1-3H3. The topological polar surface area (TPSA) is 29.3 Å². The van der Waals surface area contributed by atoms with E-state index >= 15 is 0 Å². The molecule has 0 amide bonds. The van der Waals surface area contributed by atoms with E-state index in [9.17, 15) is 0 Å². The highest BCUT2D eigenvalue weighted by Crippen LogP contribution is 2.23. The van der Waals surface area contributed by atoms with Gasteiger partial charge in [0.15, 0.2) is 0 Å². The third kappa shape index (κ3) is 5.55. The Labute approximate surface area is 132 Å². The zero-order valence-corrected chi connectivity index (χ0v) is 14.7. The van der Waals surface area contributed by atoms with Crippen molar-refractivity contribution in [1.82, 2.24) is 4.90 Å². The van der Waals surface area contributed by atoms with Crippen LogP contribution < -0.4 is 5.73 Å². The van der Waals surface area contributed by atoms with E-state index in [0.29, 0.717) is 6.54 Å². The highest BCUT2D eigenvalue weighted by atomic mass is 79.9. The summed E-state index contributed by atoms with van der Waals surface area (Å²) in [7, 11) is 2.19. The molecular formula is C17H29BrN2. The van der Waals surface area contributed by atoms with Crippen molar-refractivity contribution >= 4 is 15.9 Å². The van der Waals surface area contributed by atoms with Crippen LogP contribution in [0.25, 0.3) is 0 Å². The lowest BCUT2D eigenvalue weighted by Gasteiger charge is -2.38. The number of unbranched alkanes of at least 4 members (excludes halogenated alkanes) is 3. The van der Waals surface area contributed by atoms with Crippen LogP contribution in [0.4, 0.5) is 0 Å². The number of halogens is 1. The average molecular weight is 341 g/mol. The Morgan fingerprint density at radius 3 is 2.35 bits per heavy atom. The molecule has 20 heavy (non-hydrogen) atoms. The second-order valence-corrected chi connectivity index (χ2v) is 6.91. The second-order valence-electron chi connectivity index (χ2n) is 5.99. The van der Waals surface area contributed by atoms with E-state index in [2.05, 4.69) is 66.0 Å². The van der Waals surface area contributed by atoms with Crippen molar-refractivity contribution in [1.29, 1.82) is 0 Å². The maximum absolute atomic E-state index is 6.05. The van der Waals surface area contributed by atoms with Gasteiger partial charge in [0.1, 0.15) is 0 Å². The van der Waals surface area contributed by atoms with Gasteiger partial charge in [0.25, 0.3) is 0 Å². The summed E-state index contributed by atoms with van der Waals surface area (Å²) in [5.74, 6) is 0. The first kappa shape index (κ1) is 17.7. The van der Waals surface area contributed by atoms with Crippen LogP contribution in [0.2, 0.25) is 0 Å². The Kier molecular flexibility index (Phi) is 7.78. The zero-order valence-electron chi connectivity index (χ0n) is 13.2. The summed E-state index contributed by atoms with van der Waals surface area (Å²) in [6.45, 7) is 6.21. The van der Waals surface area contributed by atoms with Gasteiger partial charge < -0.3 is 5.73 Å².